The van der Waals surface area contributed by atoms with Crippen LogP contribution in [0.15, 0.2) is 42.5 Å². The fraction of sp³-hybridized carbons (Fsp3) is 0.200. The van der Waals surface area contributed by atoms with Gasteiger partial charge in [-0.2, -0.15) is 17.7 Å². The van der Waals surface area contributed by atoms with Crippen LogP contribution in [0.5, 0.6) is 0 Å². The molecule has 0 spiro atoms. The zero-order chi connectivity index (χ0) is 17.9. The summed E-state index contributed by atoms with van der Waals surface area (Å²) in [5.74, 6) is -1.21. The summed E-state index contributed by atoms with van der Waals surface area (Å²) in [6, 6.07) is 11.5. The first-order chi connectivity index (χ1) is 11.9. The molecule has 10 heteroatoms. The Morgan fingerprint density at radius 1 is 1.04 bits per heavy atom. The Kier molecular flexibility index (Phi) is 4.50. The van der Waals surface area contributed by atoms with Crippen molar-refractivity contribution in [2.24, 2.45) is 0 Å². The molecule has 0 saturated heterocycles. The van der Waals surface area contributed by atoms with Crippen LogP contribution < -0.4 is 10.6 Å². The number of alkyl halides is 3. The number of hydrogen-bond acceptors (Lipinski definition) is 5. The van der Waals surface area contributed by atoms with E-state index in [1.807, 2.05) is 0 Å². The summed E-state index contributed by atoms with van der Waals surface area (Å²) < 4.78 is 39.1. The van der Waals surface area contributed by atoms with Crippen LogP contribution in [0.25, 0.3) is 5.65 Å². The number of carbonyl (C=O) groups is 1. The summed E-state index contributed by atoms with van der Waals surface area (Å²) in [4.78, 5) is 11.9. The van der Waals surface area contributed by atoms with Crippen LogP contribution in [-0.2, 0) is 6.18 Å². The van der Waals surface area contributed by atoms with E-state index in [9.17, 15) is 18.0 Å². The second kappa shape index (κ2) is 6.75. The van der Waals surface area contributed by atoms with Gasteiger partial charge in [0.05, 0.1) is 0 Å². The van der Waals surface area contributed by atoms with Gasteiger partial charge >= 0.3 is 6.18 Å². The number of nitrogens with one attached hydrogen (secondary N) is 2. The molecule has 0 atom stereocenters. The molecule has 0 aliphatic heterocycles. The fourth-order valence-electron chi connectivity index (χ4n) is 2.12. The minimum Gasteiger partial charge on any atom is -0.367 e. The van der Waals surface area contributed by atoms with Crippen molar-refractivity contribution < 1.29 is 18.0 Å². The molecule has 0 bridgehead atoms. The van der Waals surface area contributed by atoms with E-state index in [-0.39, 0.29) is 23.9 Å². The first kappa shape index (κ1) is 16.7. The molecule has 7 nitrogen and oxygen atoms in total. The quantitative estimate of drug-likeness (QED) is 0.688. The largest absolute Gasteiger partial charge is 0.453 e. The van der Waals surface area contributed by atoms with Crippen molar-refractivity contribution in [3.8, 4) is 0 Å². The number of halogens is 3. The van der Waals surface area contributed by atoms with Crippen molar-refractivity contribution in [3.05, 3.63) is 53.9 Å². The van der Waals surface area contributed by atoms with E-state index in [0.29, 0.717) is 16.6 Å². The molecule has 2 N–H and O–H groups in total. The lowest BCUT2D eigenvalue weighted by molar-refractivity contribution is -0.146. The minimum atomic E-state index is -4.64. The minimum absolute atomic E-state index is 0.00439. The van der Waals surface area contributed by atoms with Crippen molar-refractivity contribution in [1.29, 1.82) is 0 Å². The van der Waals surface area contributed by atoms with E-state index in [0.717, 1.165) is 0 Å². The van der Waals surface area contributed by atoms with Gasteiger partial charge in [-0.3, -0.25) is 4.79 Å². The Hall–Kier alpha value is -3.17. The summed E-state index contributed by atoms with van der Waals surface area (Å²) in [6.07, 6.45) is -4.64. The molecule has 0 radical (unpaired) electrons. The van der Waals surface area contributed by atoms with E-state index in [2.05, 4.69) is 25.9 Å². The van der Waals surface area contributed by atoms with Gasteiger partial charge in [-0.15, -0.1) is 15.3 Å². The van der Waals surface area contributed by atoms with Gasteiger partial charge in [0.1, 0.15) is 5.82 Å². The highest BCUT2D eigenvalue weighted by molar-refractivity contribution is 5.94. The van der Waals surface area contributed by atoms with E-state index in [1.54, 1.807) is 30.3 Å². The maximum Gasteiger partial charge on any atom is 0.453 e. The predicted octanol–water partition coefficient (Wildman–Crippen LogP) is 1.98. The maximum atomic E-state index is 12.8. The smallest absolute Gasteiger partial charge is 0.367 e. The van der Waals surface area contributed by atoms with E-state index in [4.69, 9.17) is 0 Å². The normalized spacial score (nSPS) is 11.5. The lowest BCUT2D eigenvalue weighted by Crippen LogP contribution is -2.29. The van der Waals surface area contributed by atoms with Gasteiger partial charge in [0.25, 0.3) is 11.7 Å². The van der Waals surface area contributed by atoms with Crippen molar-refractivity contribution >= 4 is 17.4 Å². The topological polar surface area (TPSA) is 84.2 Å². The van der Waals surface area contributed by atoms with Gasteiger partial charge in [0, 0.05) is 18.7 Å². The highest BCUT2D eigenvalue weighted by atomic mass is 19.4. The third-order valence-corrected chi connectivity index (χ3v) is 3.27. The Morgan fingerprint density at radius 2 is 1.80 bits per heavy atom. The second-order valence-electron chi connectivity index (χ2n) is 5.06. The molecule has 2 aromatic heterocycles. The Bertz CT molecular complexity index is 878. The average Bonchev–Trinajstić information content (AvgIpc) is 3.03. The van der Waals surface area contributed by atoms with Gasteiger partial charge < -0.3 is 10.6 Å². The molecule has 0 aliphatic carbocycles. The zero-order valence-corrected chi connectivity index (χ0v) is 12.8. The Morgan fingerprint density at radius 3 is 2.52 bits per heavy atom. The predicted molar refractivity (Wildman–Crippen MR) is 83.0 cm³/mol. The van der Waals surface area contributed by atoms with Crippen molar-refractivity contribution in [3.63, 3.8) is 0 Å². The molecule has 130 valence electrons. The molecule has 3 aromatic rings. The van der Waals surface area contributed by atoms with Crippen molar-refractivity contribution in [2.75, 3.05) is 18.4 Å². The first-order valence-electron chi connectivity index (χ1n) is 7.32. The average molecular weight is 350 g/mol. The summed E-state index contributed by atoms with van der Waals surface area (Å²) in [7, 11) is 0. The standard InChI is InChI=1S/C15H13F3N6O/c16-15(17,18)14-22-21-12-7-6-11(23-24(12)14)19-8-9-20-13(25)10-4-2-1-3-5-10/h1-7H,8-9H2,(H,19,23)(H,20,25). The number of carbonyl (C=O) groups excluding carboxylic acids is 1. The number of nitrogens with zero attached hydrogens (tertiary/aromatic N) is 4. The fourth-order valence-corrected chi connectivity index (χ4v) is 2.12. The number of benzene rings is 1. The van der Waals surface area contributed by atoms with Gasteiger partial charge in [-0.05, 0) is 24.3 Å². The Labute approximate surface area is 139 Å². The zero-order valence-electron chi connectivity index (χ0n) is 12.8. The van der Waals surface area contributed by atoms with Crippen LogP contribution in [0, 0.1) is 0 Å². The number of fused-ring (bicyclic) bond motifs is 1. The lowest BCUT2D eigenvalue weighted by Gasteiger charge is -2.08. The van der Waals surface area contributed by atoms with E-state index < -0.39 is 12.0 Å². The van der Waals surface area contributed by atoms with Gasteiger partial charge in [0.15, 0.2) is 5.65 Å². The van der Waals surface area contributed by atoms with Gasteiger partial charge in [-0.1, -0.05) is 18.2 Å². The number of amides is 1. The summed E-state index contributed by atoms with van der Waals surface area (Å²) in [6.45, 7) is 0.572. The van der Waals surface area contributed by atoms with Crippen LogP contribution in [0.1, 0.15) is 16.2 Å². The second-order valence-corrected chi connectivity index (χ2v) is 5.06. The third-order valence-electron chi connectivity index (χ3n) is 3.27. The van der Waals surface area contributed by atoms with Gasteiger partial charge in [0.2, 0.25) is 0 Å². The highest BCUT2D eigenvalue weighted by Gasteiger charge is 2.37. The SMILES string of the molecule is O=C(NCCNc1ccc2nnc(C(F)(F)F)n2n1)c1ccccc1. The monoisotopic (exact) mass is 350 g/mol. The molecular formula is C15H13F3N6O. The molecule has 1 amide bonds. The lowest BCUT2D eigenvalue weighted by atomic mass is 10.2. The first-order valence-corrected chi connectivity index (χ1v) is 7.32. The van der Waals surface area contributed by atoms with E-state index >= 15 is 0 Å². The number of rotatable bonds is 5. The summed E-state index contributed by atoms with van der Waals surface area (Å²) in [5.41, 5.74) is 0.525. The molecule has 25 heavy (non-hydrogen) atoms. The summed E-state index contributed by atoms with van der Waals surface area (Å²) >= 11 is 0. The molecule has 0 unspecified atom stereocenters. The van der Waals surface area contributed by atoms with Crippen LogP contribution in [0.3, 0.4) is 0 Å². The molecular weight excluding hydrogens is 337 g/mol. The van der Waals surface area contributed by atoms with Crippen molar-refractivity contribution in [2.45, 2.75) is 6.18 Å². The Balaban J connectivity index is 1.59. The molecule has 0 fully saturated rings. The molecule has 3 rings (SSSR count). The molecule has 0 aliphatic rings. The molecule has 1 aromatic carbocycles. The van der Waals surface area contributed by atoms with Crippen LogP contribution in [0.2, 0.25) is 0 Å². The van der Waals surface area contributed by atoms with Gasteiger partial charge in [-0.25, -0.2) is 0 Å². The maximum absolute atomic E-state index is 12.8. The number of hydrogen-bond donors (Lipinski definition) is 2. The number of aromatic nitrogens is 4. The highest BCUT2D eigenvalue weighted by Crippen LogP contribution is 2.27. The van der Waals surface area contributed by atoms with Crippen LogP contribution >= 0.6 is 0 Å². The molecule has 2 heterocycles. The number of anilines is 1. The van der Waals surface area contributed by atoms with Crippen LogP contribution in [-0.4, -0.2) is 38.8 Å². The molecule has 0 saturated carbocycles. The third kappa shape index (κ3) is 3.84. The van der Waals surface area contributed by atoms with Crippen molar-refractivity contribution in [1.82, 2.24) is 25.1 Å². The summed E-state index contributed by atoms with van der Waals surface area (Å²) in [5, 5.41) is 15.9. The van der Waals surface area contributed by atoms with E-state index in [1.165, 1.54) is 12.1 Å². The van der Waals surface area contributed by atoms with Crippen LogP contribution in [0.4, 0.5) is 19.0 Å².